The molecule has 33 heavy (non-hydrogen) atoms. The Balaban J connectivity index is 1.51. The van der Waals surface area contributed by atoms with Gasteiger partial charge in [0.2, 0.25) is 0 Å². The number of nitrogens with one attached hydrogen (secondary N) is 2. The van der Waals surface area contributed by atoms with E-state index in [1.54, 1.807) is 49.4 Å². The van der Waals surface area contributed by atoms with Crippen molar-refractivity contribution >= 4 is 34.0 Å². The number of fused-ring (bicyclic) bond motifs is 2. The summed E-state index contributed by atoms with van der Waals surface area (Å²) in [7, 11) is 0. The summed E-state index contributed by atoms with van der Waals surface area (Å²) in [6, 6.07) is 21.3. The third-order valence-corrected chi connectivity index (χ3v) is 5.43. The molecule has 1 aromatic heterocycles. The van der Waals surface area contributed by atoms with Crippen molar-refractivity contribution in [1.29, 1.82) is 0 Å². The Labute approximate surface area is 188 Å². The quantitative estimate of drug-likeness (QED) is 0.506. The van der Waals surface area contributed by atoms with Gasteiger partial charge in [-0.25, -0.2) is 4.68 Å². The normalized spacial score (nSPS) is 14.8. The highest BCUT2D eigenvalue weighted by Crippen LogP contribution is 2.32. The van der Waals surface area contributed by atoms with E-state index < -0.39 is 12.0 Å². The fourth-order valence-corrected chi connectivity index (χ4v) is 3.74. The molecule has 0 fully saturated rings. The second kappa shape index (κ2) is 8.23. The zero-order valence-corrected chi connectivity index (χ0v) is 17.7. The second-order valence-corrected chi connectivity index (χ2v) is 7.76. The Kier molecular flexibility index (Phi) is 5.10. The third-order valence-electron chi connectivity index (χ3n) is 5.43. The molecular formula is C25H20N4O4. The van der Waals surface area contributed by atoms with E-state index in [2.05, 4.69) is 15.7 Å². The number of aromatic nitrogens is 2. The summed E-state index contributed by atoms with van der Waals surface area (Å²) < 4.78 is 6.86. The average Bonchev–Trinajstić information content (AvgIpc) is 2.82. The molecule has 0 spiro atoms. The van der Waals surface area contributed by atoms with E-state index in [0.29, 0.717) is 27.9 Å². The molecule has 0 saturated heterocycles. The van der Waals surface area contributed by atoms with Crippen molar-refractivity contribution in [2.45, 2.75) is 19.6 Å². The van der Waals surface area contributed by atoms with Crippen molar-refractivity contribution < 1.29 is 14.3 Å². The van der Waals surface area contributed by atoms with E-state index in [4.69, 9.17) is 4.74 Å². The van der Waals surface area contributed by atoms with Gasteiger partial charge in [0.1, 0.15) is 5.75 Å². The van der Waals surface area contributed by atoms with Gasteiger partial charge in [-0.1, -0.05) is 48.5 Å². The van der Waals surface area contributed by atoms with Gasteiger partial charge in [0.25, 0.3) is 17.4 Å². The molecule has 0 bridgehead atoms. The number of amides is 2. The monoisotopic (exact) mass is 440 g/mol. The van der Waals surface area contributed by atoms with Gasteiger partial charge in [-0.2, -0.15) is 5.10 Å². The van der Waals surface area contributed by atoms with Crippen LogP contribution in [0, 0.1) is 0 Å². The Bertz CT molecular complexity index is 1450. The van der Waals surface area contributed by atoms with Crippen LogP contribution < -0.4 is 20.9 Å². The summed E-state index contributed by atoms with van der Waals surface area (Å²) in [5, 5.41) is 10.8. The molecule has 1 aliphatic rings. The summed E-state index contributed by atoms with van der Waals surface area (Å²) in [5.41, 5.74) is 1.70. The number of hydrogen-bond donors (Lipinski definition) is 2. The van der Waals surface area contributed by atoms with Gasteiger partial charge in [0.05, 0.1) is 17.6 Å². The van der Waals surface area contributed by atoms with Gasteiger partial charge >= 0.3 is 0 Å². The molecule has 2 amide bonds. The maximum absolute atomic E-state index is 13.2. The van der Waals surface area contributed by atoms with Crippen LogP contribution in [-0.4, -0.2) is 27.7 Å². The van der Waals surface area contributed by atoms with Gasteiger partial charge in [0, 0.05) is 11.1 Å². The number of anilines is 2. The highest BCUT2D eigenvalue weighted by atomic mass is 16.5. The fraction of sp³-hybridized carbons (Fsp3) is 0.120. The number of nitrogens with zero attached hydrogens (tertiary/aromatic N) is 2. The van der Waals surface area contributed by atoms with Crippen LogP contribution >= 0.6 is 0 Å². The van der Waals surface area contributed by atoms with E-state index in [1.807, 2.05) is 30.3 Å². The van der Waals surface area contributed by atoms with Gasteiger partial charge in [-0.3, -0.25) is 14.4 Å². The molecule has 0 unspecified atom stereocenters. The number of hydrogen-bond acceptors (Lipinski definition) is 5. The summed E-state index contributed by atoms with van der Waals surface area (Å²) in [5.74, 6) is -0.198. The summed E-state index contributed by atoms with van der Waals surface area (Å²) in [4.78, 5) is 38.1. The SMILES string of the molecule is C[C@H]1Oc2ccc(NC(=O)c3nn(Cc4ccccc4)c(=O)c4ccccc34)cc2NC1=O. The van der Waals surface area contributed by atoms with Crippen LogP contribution in [0.15, 0.2) is 77.6 Å². The van der Waals surface area contributed by atoms with Crippen molar-refractivity contribution in [3.05, 3.63) is 94.4 Å². The van der Waals surface area contributed by atoms with Crippen LogP contribution in [0.2, 0.25) is 0 Å². The highest BCUT2D eigenvalue weighted by molar-refractivity contribution is 6.11. The molecule has 0 radical (unpaired) electrons. The smallest absolute Gasteiger partial charge is 0.276 e. The van der Waals surface area contributed by atoms with Crippen molar-refractivity contribution in [2.75, 3.05) is 10.6 Å². The standard InChI is InChI=1S/C25H20N4O4/c1-15-23(30)27-20-13-17(11-12-21(20)33-15)26-24(31)22-18-9-5-6-10-19(18)25(32)29(28-22)14-16-7-3-2-4-8-16/h2-13,15H,14H2,1H3,(H,26,31)(H,27,30)/t15-/m1/s1. The Morgan fingerprint density at radius 3 is 2.55 bits per heavy atom. The first kappa shape index (κ1) is 20.4. The van der Waals surface area contributed by atoms with Gasteiger partial charge in [-0.05, 0) is 36.8 Å². The third kappa shape index (κ3) is 3.94. The minimum absolute atomic E-state index is 0.132. The molecule has 5 rings (SSSR count). The van der Waals surface area contributed by atoms with Crippen molar-refractivity contribution in [3.8, 4) is 5.75 Å². The molecule has 164 valence electrons. The largest absolute Gasteiger partial charge is 0.479 e. The maximum Gasteiger partial charge on any atom is 0.276 e. The summed E-state index contributed by atoms with van der Waals surface area (Å²) in [6.07, 6.45) is -0.584. The predicted octanol–water partition coefficient (Wildman–Crippen LogP) is 3.42. The van der Waals surface area contributed by atoms with Crippen LogP contribution in [-0.2, 0) is 11.3 Å². The van der Waals surface area contributed by atoms with E-state index in [-0.39, 0.29) is 23.7 Å². The first-order valence-electron chi connectivity index (χ1n) is 10.5. The predicted molar refractivity (Wildman–Crippen MR) is 125 cm³/mol. The minimum atomic E-state index is -0.584. The molecule has 3 aromatic carbocycles. The zero-order valence-electron chi connectivity index (χ0n) is 17.7. The maximum atomic E-state index is 13.2. The van der Waals surface area contributed by atoms with Gasteiger partial charge < -0.3 is 15.4 Å². The number of carbonyl (C=O) groups is 2. The van der Waals surface area contributed by atoms with Crippen molar-refractivity contribution in [2.24, 2.45) is 0 Å². The van der Waals surface area contributed by atoms with Crippen molar-refractivity contribution in [1.82, 2.24) is 9.78 Å². The first-order valence-corrected chi connectivity index (χ1v) is 10.5. The molecule has 8 nitrogen and oxygen atoms in total. The Morgan fingerprint density at radius 2 is 1.76 bits per heavy atom. The van der Waals surface area contributed by atoms with Gasteiger partial charge in [0.15, 0.2) is 11.8 Å². The lowest BCUT2D eigenvalue weighted by molar-refractivity contribution is -0.122. The Hall–Kier alpha value is -4.46. The zero-order chi connectivity index (χ0) is 22.9. The summed E-state index contributed by atoms with van der Waals surface area (Å²) in [6.45, 7) is 1.90. The lowest BCUT2D eigenvalue weighted by atomic mass is 10.1. The molecule has 1 aliphatic heterocycles. The molecule has 8 heteroatoms. The number of rotatable bonds is 4. The van der Waals surface area contributed by atoms with Crippen molar-refractivity contribution in [3.63, 3.8) is 0 Å². The average molecular weight is 440 g/mol. The minimum Gasteiger partial charge on any atom is -0.479 e. The molecule has 0 aliphatic carbocycles. The lowest BCUT2D eigenvalue weighted by Gasteiger charge is -2.23. The highest BCUT2D eigenvalue weighted by Gasteiger charge is 2.24. The number of carbonyl (C=O) groups excluding carboxylic acids is 2. The molecule has 2 heterocycles. The van der Waals surface area contributed by atoms with Crippen LogP contribution in [0.3, 0.4) is 0 Å². The van der Waals surface area contributed by atoms with Crippen LogP contribution in [0.25, 0.3) is 10.8 Å². The van der Waals surface area contributed by atoms with Gasteiger partial charge in [-0.15, -0.1) is 0 Å². The number of benzene rings is 3. The number of ether oxygens (including phenoxy) is 1. The topological polar surface area (TPSA) is 102 Å². The fourth-order valence-electron chi connectivity index (χ4n) is 3.74. The second-order valence-electron chi connectivity index (χ2n) is 7.76. The van der Waals surface area contributed by atoms with Crippen LogP contribution in [0.5, 0.6) is 5.75 Å². The van der Waals surface area contributed by atoms with Crippen LogP contribution in [0.1, 0.15) is 23.0 Å². The molecule has 0 saturated carbocycles. The molecule has 2 N–H and O–H groups in total. The molecule has 1 atom stereocenters. The molecule has 4 aromatic rings. The van der Waals surface area contributed by atoms with E-state index in [9.17, 15) is 14.4 Å². The Morgan fingerprint density at radius 1 is 1.03 bits per heavy atom. The van der Waals surface area contributed by atoms with E-state index in [0.717, 1.165) is 5.56 Å². The summed E-state index contributed by atoms with van der Waals surface area (Å²) >= 11 is 0. The first-order chi connectivity index (χ1) is 16.0. The van der Waals surface area contributed by atoms with E-state index in [1.165, 1.54) is 4.68 Å². The molecular weight excluding hydrogens is 420 g/mol. The lowest BCUT2D eigenvalue weighted by Crippen LogP contribution is -2.34. The van der Waals surface area contributed by atoms with E-state index >= 15 is 0 Å². The van der Waals surface area contributed by atoms with Crippen LogP contribution in [0.4, 0.5) is 11.4 Å².